The molecule has 0 bridgehead atoms. The summed E-state index contributed by atoms with van der Waals surface area (Å²) < 4.78 is 5.23. The lowest BCUT2D eigenvalue weighted by molar-refractivity contribution is 0.0510. The molecule has 0 aliphatic carbocycles. The highest BCUT2D eigenvalue weighted by molar-refractivity contribution is 5.02. The molecular formula is C9H15NO. The minimum atomic E-state index is -0.113. The minimum absolute atomic E-state index is 0.113. The van der Waals surface area contributed by atoms with Crippen LogP contribution in [0.5, 0.6) is 0 Å². The third kappa shape index (κ3) is 1.54. The molecule has 0 atom stereocenters. The molecular weight excluding hydrogens is 138 g/mol. The van der Waals surface area contributed by atoms with Crippen LogP contribution in [0.4, 0.5) is 0 Å². The fourth-order valence-electron chi connectivity index (χ4n) is 1.54. The van der Waals surface area contributed by atoms with E-state index in [4.69, 9.17) is 11.3 Å². The maximum absolute atomic E-state index is 7.14. The monoisotopic (exact) mass is 153 g/mol. The van der Waals surface area contributed by atoms with Gasteiger partial charge in [0.05, 0.1) is 13.2 Å². The molecule has 0 saturated carbocycles. The summed E-state index contributed by atoms with van der Waals surface area (Å²) in [5.74, 6) is 0.462. The number of hydrogen-bond donors (Lipinski definition) is 0. The zero-order valence-corrected chi connectivity index (χ0v) is 7.26. The van der Waals surface area contributed by atoms with Crippen LogP contribution in [0.1, 0.15) is 26.7 Å². The molecule has 0 amide bonds. The van der Waals surface area contributed by atoms with Gasteiger partial charge in [-0.1, -0.05) is 13.8 Å². The molecule has 0 N–H and O–H groups in total. The molecule has 2 heteroatoms. The largest absolute Gasteiger partial charge is 0.381 e. The van der Waals surface area contributed by atoms with E-state index in [-0.39, 0.29) is 5.54 Å². The summed E-state index contributed by atoms with van der Waals surface area (Å²) in [4.78, 5) is 3.75. The van der Waals surface area contributed by atoms with Crippen LogP contribution in [0.2, 0.25) is 0 Å². The second kappa shape index (κ2) is 3.23. The highest BCUT2D eigenvalue weighted by Gasteiger charge is 2.41. The molecule has 0 spiro atoms. The third-order valence-electron chi connectivity index (χ3n) is 2.66. The summed E-state index contributed by atoms with van der Waals surface area (Å²) in [7, 11) is 0. The maximum atomic E-state index is 7.14. The smallest absolute Gasteiger partial charge is 0.239 e. The molecule has 1 fully saturated rings. The van der Waals surface area contributed by atoms with Crippen LogP contribution in [0.25, 0.3) is 4.85 Å². The van der Waals surface area contributed by atoms with E-state index in [0.29, 0.717) is 5.92 Å². The van der Waals surface area contributed by atoms with Crippen LogP contribution in [-0.4, -0.2) is 18.8 Å². The Kier molecular flexibility index (Phi) is 2.51. The molecule has 0 aromatic rings. The van der Waals surface area contributed by atoms with E-state index in [9.17, 15) is 0 Å². The highest BCUT2D eigenvalue weighted by Crippen LogP contribution is 2.32. The van der Waals surface area contributed by atoms with Crippen LogP contribution in [0, 0.1) is 12.5 Å². The van der Waals surface area contributed by atoms with Gasteiger partial charge in [0.15, 0.2) is 0 Å². The Morgan fingerprint density at radius 2 is 1.91 bits per heavy atom. The Bertz CT molecular complexity index is 163. The van der Waals surface area contributed by atoms with Gasteiger partial charge in [-0.2, -0.15) is 0 Å². The van der Waals surface area contributed by atoms with Gasteiger partial charge < -0.3 is 9.58 Å². The van der Waals surface area contributed by atoms with Crippen molar-refractivity contribution in [2.45, 2.75) is 32.2 Å². The van der Waals surface area contributed by atoms with Gasteiger partial charge in [-0.25, -0.2) is 6.57 Å². The third-order valence-corrected chi connectivity index (χ3v) is 2.66. The van der Waals surface area contributed by atoms with E-state index in [2.05, 4.69) is 18.7 Å². The Hall–Kier alpha value is -0.550. The van der Waals surface area contributed by atoms with Crippen molar-refractivity contribution in [3.63, 3.8) is 0 Å². The van der Waals surface area contributed by atoms with E-state index in [0.717, 1.165) is 26.1 Å². The Morgan fingerprint density at radius 1 is 1.36 bits per heavy atom. The molecule has 0 unspecified atom stereocenters. The summed E-state index contributed by atoms with van der Waals surface area (Å²) in [5, 5.41) is 0. The quantitative estimate of drug-likeness (QED) is 0.526. The van der Waals surface area contributed by atoms with Crippen LogP contribution in [0.15, 0.2) is 0 Å². The molecule has 0 aromatic heterocycles. The van der Waals surface area contributed by atoms with Crippen molar-refractivity contribution in [3.05, 3.63) is 11.4 Å². The second-order valence-electron chi connectivity index (χ2n) is 3.48. The maximum Gasteiger partial charge on any atom is 0.239 e. The molecule has 1 aliphatic heterocycles. The van der Waals surface area contributed by atoms with Crippen molar-refractivity contribution in [1.29, 1.82) is 0 Å². The van der Waals surface area contributed by atoms with E-state index in [1.165, 1.54) is 0 Å². The summed E-state index contributed by atoms with van der Waals surface area (Å²) in [6, 6.07) is 0. The van der Waals surface area contributed by atoms with Crippen molar-refractivity contribution in [3.8, 4) is 0 Å². The second-order valence-corrected chi connectivity index (χ2v) is 3.48. The number of rotatable bonds is 1. The molecule has 1 heterocycles. The number of ether oxygens (including phenoxy) is 1. The van der Waals surface area contributed by atoms with Crippen molar-refractivity contribution in [2.75, 3.05) is 13.2 Å². The van der Waals surface area contributed by atoms with Crippen molar-refractivity contribution in [1.82, 2.24) is 0 Å². The van der Waals surface area contributed by atoms with Crippen molar-refractivity contribution >= 4 is 0 Å². The fourth-order valence-corrected chi connectivity index (χ4v) is 1.54. The topological polar surface area (TPSA) is 13.6 Å². The summed E-state index contributed by atoms with van der Waals surface area (Å²) in [6.07, 6.45) is 1.82. The number of hydrogen-bond acceptors (Lipinski definition) is 1. The zero-order chi connectivity index (χ0) is 8.32. The van der Waals surface area contributed by atoms with Gasteiger partial charge in [-0.05, 0) is 0 Å². The fraction of sp³-hybridized carbons (Fsp3) is 0.889. The van der Waals surface area contributed by atoms with Crippen LogP contribution in [-0.2, 0) is 4.74 Å². The molecule has 0 radical (unpaired) electrons. The zero-order valence-electron chi connectivity index (χ0n) is 7.26. The molecule has 1 rings (SSSR count). The Labute approximate surface area is 68.4 Å². The van der Waals surface area contributed by atoms with Crippen LogP contribution >= 0.6 is 0 Å². The van der Waals surface area contributed by atoms with Gasteiger partial charge in [0.1, 0.15) is 0 Å². The average molecular weight is 153 g/mol. The van der Waals surface area contributed by atoms with Crippen molar-refractivity contribution < 1.29 is 4.74 Å². The first-order chi connectivity index (χ1) is 5.21. The summed E-state index contributed by atoms with van der Waals surface area (Å²) in [5.41, 5.74) is -0.113. The van der Waals surface area contributed by atoms with E-state index in [1.54, 1.807) is 0 Å². The average Bonchev–Trinajstić information content (AvgIpc) is 2.05. The van der Waals surface area contributed by atoms with Crippen molar-refractivity contribution in [2.24, 2.45) is 5.92 Å². The van der Waals surface area contributed by atoms with E-state index in [1.807, 2.05) is 0 Å². The first-order valence-corrected chi connectivity index (χ1v) is 4.18. The number of nitrogens with zero attached hydrogens (tertiary/aromatic N) is 1. The molecule has 1 saturated heterocycles. The van der Waals surface area contributed by atoms with Gasteiger partial charge in [0.2, 0.25) is 5.54 Å². The van der Waals surface area contributed by atoms with Crippen LogP contribution < -0.4 is 0 Å². The van der Waals surface area contributed by atoms with Gasteiger partial charge in [-0.15, -0.1) is 0 Å². The van der Waals surface area contributed by atoms with Gasteiger partial charge >= 0.3 is 0 Å². The molecule has 62 valence electrons. The van der Waals surface area contributed by atoms with Crippen LogP contribution in [0.3, 0.4) is 0 Å². The first-order valence-electron chi connectivity index (χ1n) is 4.18. The molecule has 2 nitrogen and oxygen atoms in total. The Morgan fingerprint density at radius 3 is 2.18 bits per heavy atom. The molecule has 1 aliphatic rings. The standard InChI is InChI=1S/C9H15NO/c1-8(2)9(10-3)4-6-11-7-5-9/h8H,4-7H2,1-2H3. The van der Waals surface area contributed by atoms with Gasteiger partial charge in [0, 0.05) is 18.8 Å². The SMILES string of the molecule is [C-]#[N+]C1(C(C)C)CCOCC1. The molecule has 0 aromatic carbocycles. The predicted molar refractivity (Wildman–Crippen MR) is 44.2 cm³/mol. The van der Waals surface area contributed by atoms with Gasteiger partial charge in [0.25, 0.3) is 0 Å². The summed E-state index contributed by atoms with van der Waals surface area (Å²) in [6.45, 7) is 12.9. The first kappa shape index (κ1) is 8.55. The molecule has 11 heavy (non-hydrogen) atoms. The Balaban J connectivity index is 2.67. The summed E-state index contributed by atoms with van der Waals surface area (Å²) >= 11 is 0. The minimum Gasteiger partial charge on any atom is -0.381 e. The van der Waals surface area contributed by atoms with E-state index < -0.39 is 0 Å². The van der Waals surface area contributed by atoms with Gasteiger partial charge in [-0.3, -0.25) is 0 Å². The predicted octanol–water partition coefficient (Wildman–Crippen LogP) is 2.11. The lowest BCUT2D eigenvalue weighted by Gasteiger charge is -2.29. The highest BCUT2D eigenvalue weighted by atomic mass is 16.5. The lowest BCUT2D eigenvalue weighted by Crippen LogP contribution is -2.37. The normalized spacial score (nSPS) is 23.1. The van der Waals surface area contributed by atoms with E-state index >= 15 is 0 Å². The lowest BCUT2D eigenvalue weighted by atomic mass is 9.80.